The van der Waals surface area contributed by atoms with Gasteiger partial charge in [-0.2, -0.15) is 0 Å². The Morgan fingerprint density at radius 3 is 2.36 bits per heavy atom. The molecule has 0 bridgehead atoms. The van der Waals surface area contributed by atoms with Crippen molar-refractivity contribution in [3.8, 4) is 5.75 Å². The molecule has 0 aromatic heterocycles. The van der Waals surface area contributed by atoms with Gasteiger partial charge in [-0.15, -0.1) is 0 Å². The number of hydrogen-bond acceptors (Lipinski definition) is 5. The first kappa shape index (κ1) is 24.3. The molecule has 0 unspecified atom stereocenters. The average Bonchev–Trinajstić information content (AvgIpc) is 2.83. The molecule has 3 saturated heterocycles. The summed E-state index contributed by atoms with van der Waals surface area (Å²) >= 11 is 6.02. The lowest BCUT2D eigenvalue weighted by Crippen LogP contribution is -2.52. The van der Waals surface area contributed by atoms with Gasteiger partial charge in [0.15, 0.2) is 0 Å². The highest BCUT2D eigenvalue weighted by atomic mass is 35.5. The summed E-state index contributed by atoms with van der Waals surface area (Å²) in [6.07, 6.45) is 3.29. The number of rotatable bonds is 6. The Balaban J connectivity index is 1.39. The standard InChI is InChI=1S/C25H36ClN3O4/c1-19-6-9-27(10-7-19)18-25(31)29-11-8-23(33-22-4-2-21(26)3-5-22)20(17-29)16-24(30)28-12-14-32-15-13-28/h2-5,19-20,23H,6-18H2,1H3/t20-,23-/m0/s1. The van der Waals surface area contributed by atoms with Crippen LogP contribution in [0.1, 0.15) is 32.6 Å². The molecule has 1 aromatic carbocycles. The first-order valence-electron chi connectivity index (χ1n) is 12.3. The third kappa shape index (κ3) is 6.84. The molecular formula is C25H36ClN3O4. The summed E-state index contributed by atoms with van der Waals surface area (Å²) in [5.41, 5.74) is 0. The minimum absolute atomic E-state index is 0.0462. The van der Waals surface area contributed by atoms with Gasteiger partial charge in [0.2, 0.25) is 11.8 Å². The smallest absolute Gasteiger partial charge is 0.236 e. The zero-order valence-corrected chi connectivity index (χ0v) is 20.3. The molecule has 1 aromatic rings. The lowest BCUT2D eigenvalue weighted by molar-refractivity contribution is -0.142. The third-order valence-corrected chi connectivity index (χ3v) is 7.41. The molecule has 0 spiro atoms. The molecule has 3 fully saturated rings. The van der Waals surface area contributed by atoms with E-state index in [2.05, 4.69) is 11.8 Å². The van der Waals surface area contributed by atoms with Crippen molar-refractivity contribution in [1.29, 1.82) is 0 Å². The Morgan fingerprint density at radius 2 is 1.67 bits per heavy atom. The van der Waals surface area contributed by atoms with Crippen LogP contribution in [0.5, 0.6) is 5.75 Å². The molecule has 0 aliphatic carbocycles. The fraction of sp³-hybridized carbons (Fsp3) is 0.680. The van der Waals surface area contributed by atoms with Crippen molar-refractivity contribution in [1.82, 2.24) is 14.7 Å². The number of benzene rings is 1. The molecular weight excluding hydrogens is 442 g/mol. The highest BCUT2D eigenvalue weighted by molar-refractivity contribution is 6.30. The van der Waals surface area contributed by atoms with Crippen LogP contribution in [0.4, 0.5) is 0 Å². The molecule has 2 atom stereocenters. The fourth-order valence-corrected chi connectivity index (χ4v) is 5.08. The number of carbonyl (C=O) groups is 2. The van der Waals surface area contributed by atoms with Crippen molar-refractivity contribution >= 4 is 23.4 Å². The molecule has 0 N–H and O–H groups in total. The van der Waals surface area contributed by atoms with Crippen molar-refractivity contribution in [3.05, 3.63) is 29.3 Å². The second kappa shape index (κ2) is 11.5. The normalized spacial score (nSPS) is 25.2. The summed E-state index contributed by atoms with van der Waals surface area (Å²) in [5, 5.41) is 0.661. The summed E-state index contributed by atoms with van der Waals surface area (Å²) in [6.45, 7) is 8.36. The number of halogens is 1. The van der Waals surface area contributed by atoms with E-state index in [1.807, 2.05) is 34.1 Å². The lowest BCUT2D eigenvalue weighted by Gasteiger charge is -2.40. The first-order valence-corrected chi connectivity index (χ1v) is 12.6. The van der Waals surface area contributed by atoms with Crippen LogP contribution in [-0.2, 0) is 14.3 Å². The summed E-state index contributed by atoms with van der Waals surface area (Å²) in [6, 6.07) is 7.34. The van der Waals surface area contributed by atoms with Gasteiger partial charge in [-0.05, 0) is 56.1 Å². The van der Waals surface area contributed by atoms with Gasteiger partial charge in [0.25, 0.3) is 0 Å². The Morgan fingerprint density at radius 1 is 0.970 bits per heavy atom. The van der Waals surface area contributed by atoms with E-state index in [4.69, 9.17) is 21.1 Å². The SMILES string of the molecule is CC1CCN(CC(=O)N2CC[C@H](Oc3ccc(Cl)cc3)[C@@H](CC(=O)N3CCOCC3)C2)CC1. The highest BCUT2D eigenvalue weighted by Crippen LogP contribution is 2.28. The molecule has 182 valence electrons. The van der Waals surface area contributed by atoms with Gasteiger partial charge in [-0.1, -0.05) is 18.5 Å². The van der Waals surface area contributed by atoms with Gasteiger partial charge in [0.1, 0.15) is 11.9 Å². The molecule has 33 heavy (non-hydrogen) atoms. The maximum absolute atomic E-state index is 13.1. The number of amides is 2. The minimum Gasteiger partial charge on any atom is -0.490 e. The van der Waals surface area contributed by atoms with Crippen LogP contribution in [0.15, 0.2) is 24.3 Å². The molecule has 0 radical (unpaired) electrons. The van der Waals surface area contributed by atoms with E-state index in [-0.39, 0.29) is 23.8 Å². The Bertz CT molecular complexity index is 791. The van der Waals surface area contributed by atoms with Crippen LogP contribution in [0.25, 0.3) is 0 Å². The predicted octanol–water partition coefficient (Wildman–Crippen LogP) is 2.92. The van der Waals surface area contributed by atoms with Crippen molar-refractivity contribution in [2.75, 3.05) is 59.0 Å². The second-order valence-electron chi connectivity index (χ2n) is 9.65. The largest absolute Gasteiger partial charge is 0.490 e. The van der Waals surface area contributed by atoms with Gasteiger partial charge in [-0.3, -0.25) is 14.5 Å². The topological polar surface area (TPSA) is 62.3 Å². The lowest BCUT2D eigenvalue weighted by atomic mass is 9.90. The summed E-state index contributed by atoms with van der Waals surface area (Å²) in [4.78, 5) is 32.2. The quantitative estimate of drug-likeness (QED) is 0.630. The van der Waals surface area contributed by atoms with E-state index in [1.165, 1.54) is 0 Å². The summed E-state index contributed by atoms with van der Waals surface area (Å²) < 4.78 is 11.7. The molecule has 4 rings (SSSR count). The zero-order chi connectivity index (χ0) is 23.2. The molecule has 3 aliphatic rings. The molecule has 3 aliphatic heterocycles. The van der Waals surface area contributed by atoms with Crippen LogP contribution in [0.2, 0.25) is 5.02 Å². The fourth-order valence-electron chi connectivity index (χ4n) is 4.95. The van der Waals surface area contributed by atoms with Gasteiger partial charge in [0, 0.05) is 50.0 Å². The number of morpholine rings is 1. The second-order valence-corrected chi connectivity index (χ2v) is 10.1. The Labute approximate surface area is 201 Å². The van der Waals surface area contributed by atoms with E-state index >= 15 is 0 Å². The Kier molecular flexibility index (Phi) is 8.50. The zero-order valence-electron chi connectivity index (χ0n) is 19.6. The van der Waals surface area contributed by atoms with Crippen molar-refractivity contribution in [2.45, 2.75) is 38.7 Å². The maximum Gasteiger partial charge on any atom is 0.236 e. The monoisotopic (exact) mass is 477 g/mol. The van der Waals surface area contributed by atoms with Gasteiger partial charge in [-0.25, -0.2) is 0 Å². The van der Waals surface area contributed by atoms with Crippen molar-refractivity contribution in [3.63, 3.8) is 0 Å². The number of ether oxygens (including phenoxy) is 2. The third-order valence-electron chi connectivity index (χ3n) is 7.15. The van der Waals surface area contributed by atoms with E-state index in [0.29, 0.717) is 63.8 Å². The van der Waals surface area contributed by atoms with Crippen molar-refractivity contribution in [2.24, 2.45) is 11.8 Å². The van der Waals surface area contributed by atoms with Crippen LogP contribution >= 0.6 is 11.6 Å². The van der Waals surface area contributed by atoms with E-state index in [9.17, 15) is 9.59 Å². The average molecular weight is 478 g/mol. The maximum atomic E-state index is 13.1. The molecule has 2 amide bonds. The van der Waals surface area contributed by atoms with E-state index in [0.717, 1.165) is 37.6 Å². The van der Waals surface area contributed by atoms with Crippen LogP contribution < -0.4 is 4.74 Å². The summed E-state index contributed by atoms with van der Waals surface area (Å²) in [5.74, 6) is 1.73. The van der Waals surface area contributed by atoms with Gasteiger partial charge < -0.3 is 19.3 Å². The Hall–Kier alpha value is -1.83. The molecule has 7 nitrogen and oxygen atoms in total. The van der Waals surface area contributed by atoms with E-state index in [1.54, 1.807) is 0 Å². The van der Waals surface area contributed by atoms with Crippen molar-refractivity contribution < 1.29 is 19.1 Å². The molecule has 8 heteroatoms. The number of likely N-dealkylation sites (tertiary alicyclic amines) is 2. The van der Waals surface area contributed by atoms with Gasteiger partial charge in [0.05, 0.1) is 19.8 Å². The number of piperidine rings is 2. The predicted molar refractivity (Wildman–Crippen MR) is 127 cm³/mol. The van der Waals surface area contributed by atoms with Gasteiger partial charge >= 0.3 is 0 Å². The first-order chi connectivity index (χ1) is 16.0. The highest BCUT2D eigenvalue weighted by Gasteiger charge is 2.36. The van der Waals surface area contributed by atoms with Crippen LogP contribution in [-0.4, -0.2) is 91.6 Å². The number of carbonyl (C=O) groups excluding carboxylic acids is 2. The number of nitrogens with zero attached hydrogens (tertiary/aromatic N) is 3. The van der Waals surface area contributed by atoms with Crippen LogP contribution in [0.3, 0.4) is 0 Å². The van der Waals surface area contributed by atoms with E-state index < -0.39 is 0 Å². The number of hydrogen-bond donors (Lipinski definition) is 0. The molecule has 3 heterocycles. The molecule has 0 saturated carbocycles. The van der Waals surface area contributed by atoms with Crippen LogP contribution in [0, 0.1) is 11.8 Å². The minimum atomic E-state index is -0.115. The summed E-state index contributed by atoms with van der Waals surface area (Å²) in [7, 11) is 0.